The van der Waals surface area contributed by atoms with Crippen LogP contribution in [0.25, 0.3) is 0 Å². The van der Waals surface area contributed by atoms with Gasteiger partial charge in [-0.2, -0.15) is 13.5 Å². The Balaban J connectivity index is 2.19. The molecule has 0 saturated heterocycles. The van der Waals surface area contributed by atoms with Crippen LogP contribution in [0.4, 0.5) is 0 Å². The van der Waals surface area contributed by atoms with Crippen LogP contribution in [0.2, 0.25) is 0 Å². The van der Waals surface area contributed by atoms with E-state index in [0.29, 0.717) is 0 Å². The maximum atomic E-state index is 12.0. The van der Waals surface area contributed by atoms with E-state index >= 15 is 0 Å². The van der Waals surface area contributed by atoms with Crippen LogP contribution in [0.1, 0.15) is 11.1 Å². The van der Waals surface area contributed by atoms with Gasteiger partial charge in [-0.05, 0) is 31.2 Å². The molecule has 7 nitrogen and oxygen atoms in total. The number of hydrazone groups is 1. The summed E-state index contributed by atoms with van der Waals surface area (Å²) in [5.74, 6) is -1.79. The van der Waals surface area contributed by atoms with Gasteiger partial charge in [0.1, 0.15) is 0 Å². The van der Waals surface area contributed by atoms with Crippen LogP contribution in [0.3, 0.4) is 0 Å². The Morgan fingerprint density at radius 1 is 1.00 bits per heavy atom. The molecule has 0 aliphatic carbocycles. The molecule has 2 aromatic rings. The van der Waals surface area contributed by atoms with E-state index < -0.39 is 27.3 Å². The number of sulfonamides is 1. The number of benzene rings is 2. The lowest BCUT2D eigenvalue weighted by atomic mass is 10.2. The minimum Gasteiger partial charge on any atom is -0.504 e. The van der Waals surface area contributed by atoms with Gasteiger partial charge in [0.2, 0.25) is 5.75 Å². The Labute approximate surface area is 127 Å². The van der Waals surface area contributed by atoms with E-state index in [1.807, 2.05) is 11.8 Å². The van der Waals surface area contributed by atoms with Gasteiger partial charge in [0, 0.05) is 5.56 Å². The number of aromatic hydroxyl groups is 3. The second-order valence-electron chi connectivity index (χ2n) is 4.54. The smallest absolute Gasteiger partial charge is 0.276 e. The highest BCUT2D eigenvalue weighted by Crippen LogP contribution is 2.36. The van der Waals surface area contributed by atoms with Gasteiger partial charge in [0.25, 0.3) is 10.0 Å². The average Bonchev–Trinajstić information content (AvgIpc) is 2.48. The molecule has 0 amide bonds. The van der Waals surface area contributed by atoms with Crippen LogP contribution < -0.4 is 4.83 Å². The lowest BCUT2D eigenvalue weighted by Gasteiger charge is -2.05. The van der Waals surface area contributed by atoms with Crippen LogP contribution >= 0.6 is 0 Å². The number of phenolic OH excluding ortho intramolecular Hbond substituents is 3. The fourth-order valence-electron chi connectivity index (χ4n) is 1.62. The Morgan fingerprint density at radius 3 is 2.27 bits per heavy atom. The first-order valence-corrected chi connectivity index (χ1v) is 7.65. The van der Waals surface area contributed by atoms with Gasteiger partial charge in [-0.1, -0.05) is 17.7 Å². The number of nitrogens with one attached hydrogen (secondary N) is 1. The van der Waals surface area contributed by atoms with E-state index in [0.717, 1.165) is 17.8 Å². The van der Waals surface area contributed by atoms with E-state index in [-0.39, 0.29) is 10.5 Å². The molecule has 116 valence electrons. The van der Waals surface area contributed by atoms with Crippen molar-refractivity contribution in [1.29, 1.82) is 0 Å². The predicted octanol–water partition coefficient (Wildman–Crippen LogP) is 1.42. The van der Waals surface area contributed by atoms with Crippen LogP contribution in [-0.2, 0) is 10.0 Å². The largest absolute Gasteiger partial charge is 0.504 e. The quantitative estimate of drug-likeness (QED) is 0.385. The molecule has 0 fully saturated rings. The molecule has 2 rings (SSSR count). The molecule has 0 radical (unpaired) electrons. The van der Waals surface area contributed by atoms with E-state index in [1.54, 1.807) is 12.1 Å². The second kappa shape index (κ2) is 5.94. The molecule has 0 aliphatic rings. The normalized spacial score (nSPS) is 11.7. The molecule has 0 aliphatic heterocycles. The first-order chi connectivity index (χ1) is 10.3. The highest BCUT2D eigenvalue weighted by Gasteiger charge is 2.13. The van der Waals surface area contributed by atoms with Gasteiger partial charge in [-0.25, -0.2) is 4.83 Å². The minimum atomic E-state index is -3.82. The highest BCUT2D eigenvalue weighted by atomic mass is 32.2. The van der Waals surface area contributed by atoms with Gasteiger partial charge >= 0.3 is 0 Å². The number of phenols is 3. The average molecular weight is 322 g/mol. The molecule has 0 bridgehead atoms. The Kier molecular flexibility index (Phi) is 4.22. The molecule has 0 atom stereocenters. The molecule has 0 unspecified atom stereocenters. The summed E-state index contributed by atoms with van der Waals surface area (Å²) in [4.78, 5) is 2.04. The van der Waals surface area contributed by atoms with Crippen molar-refractivity contribution in [2.75, 3.05) is 0 Å². The third-order valence-corrected chi connectivity index (χ3v) is 4.11. The lowest BCUT2D eigenvalue weighted by Crippen LogP contribution is -2.18. The van der Waals surface area contributed by atoms with E-state index in [2.05, 4.69) is 5.10 Å². The number of aryl methyl sites for hydroxylation is 1. The molecule has 0 aromatic heterocycles. The van der Waals surface area contributed by atoms with Crippen molar-refractivity contribution in [3.05, 3.63) is 47.5 Å². The molecule has 0 spiro atoms. The number of nitrogens with zero attached hydrogens (tertiary/aromatic N) is 1. The minimum absolute atomic E-state index is 0.0434. The van der Waals surface area contributed by atoms with Crippen LogP contribution in [0, 0.1) is 6.92 Å². The summed E-state index contributed by atoms with van der Waals surface area (Å²) in [6, 6.07) is 8.61. The Morgan fingerprint density at radius 2 is 1.64 bits per heavy atom. The molecule has 0 saturated carbocycles. The van der Waals surface area contributed by atoms with E-state index in [4.69, 9.17) is 0 Å². The number of hydrogen-bond acceptors (Lipinski definition) is 6. The fraction of sp³-hybridized carbons (Fsp3) is 0.0714. The molecular formula is C14H14N2O5S. The topological polar surface area (TPSA) is 119 Å². The standard InChI is InChI=1S/C14H14N2O5S/c1-9-2-5-11(6-3-9)22(20,21)16-15-8-10-4-7-12(17)14(19)13(10)18/h2-8,16-19H,1H3. The summed E-state index contributed by atoms with van der Waals surface area (Å²) in [7, 11) is -3.82. The SMILES string of the molecule is Cc1ccc(S(=O)(=O)NN=Cc2ccc(O)c(O)c2O)cc1. The zero-order valence-corrected chi connectivity index (χ0v) is 12.4. The molecule has 22 heavy (non-hydrogen) atoms. The molecule has 2 aromatic carbocycles. The van der Waals surface area contributed by atoms with Crippen molar-refractivity contribution in [2.45, 2.75) is 11.8 Å². The van der Waals surface area contributed by atoms with E-state index in [9.17, 15) is 23.7 Å². The van der Waals surface area contributed by atoms with Crippen molar-refractivity contribution in [3.63, 3.8) is 0 Å². The van der Waals surface area contributed by atoms with Crippen molar-refractivity contribution >= 4 is 16.2 Å². The van der Waals surface area contributed by atoms with E-state index in [1.165, 1.54) is 18.2 Å². The van der Waals surface area contributed by atoms with Crippen molar-refractivity contribution in [1.82, 2.24) is 4.83 Å². The summed E-state index contributed by atoms with van der Waals surface area (Å²) in [5, 5.41) is 31.6. The number of rotatable bonds is 4. The summed E-state index contributed by atoms with van der Waals surface area (Å²) in [5.41, 5.74) is 0.967. The Hall–Kier alpha value is -2.74. The van der Waals surface area contributed by atoms with Crippen molar-refractivity contribution in [3.8, 4) is 17.2 Å². The first-order valence-electron chi connectivity index (χ1n) is 6.16. The lowest BCUT2D eigenvalue weighted by molar-refractivity contribution is 0.367. The molecule has 4 N–H and O–H groups in total. The maximum absolute atomic E-state index is 12.0. The monoisotopic (exact) mass is 322 g/mol. The predicted molar refractivity (Wildman–Crippen MR) is 80.5 cm³/mol. The summed E-state index contributed by atoms with van der Waals surface area (Å²) in [6.45, 7) is 1.84. The van der Waals surface area contributed by atoms with Crippen LogP contribution in [0.5, 0.6) is 17.2 Å². The first kappa shape index (κ1) is 15.6. The zero-order valence-electron chi connectivity index (χ0n) is 11.6. The third kappa shape index (κ3) is 3.29. The highest BCUT2D eigenvalue weighted by molar-refractivity contribution is 7.89. The van der Waals surface area contributed by atoms with Gasteiger partial charge in [-0.3, -0.25) is 0 Å². The Bertz CT molecular complexity index is 814. The maximum Gasteiger partial charge on any atom is 0.276 e. The van der Waals surface area contributed by atoms with Gasteiger partial charge in [-0.15, -0.1) is 0 Å². The zero-order chi connectivity index (χ0) is 16.3. The molecule has 0 heterocycles. The van der Waals surface area contributed by atoms with Crippen molar-refractivity contribution < 1.29 is 23.7 Å². The summed E-state index contributed by atoms with van der Waals surface area (Å²) < 4.78 is 23.9. The van der Waals surface area contributed by atoms with Crippen LogP contribution in [-0.4, -0.2) is 30.0 Å². The summed E-state index contributed by atoms with van der Waals surface area (Å²) in [6.07, 6.45) is 1.01. The van der Waals surface area contributed by atoms with Gasteiger partial charge in [0.05, 0.1) is 11.1 Å². The van der Waals surface area contributed by atoms with Crippen molar-refractivity contribution in [2.24, 2.45) is 5.10 Å². The van der Waals surface area contributed by atoms with Gasteiger partial charge in [0.15, 0.2) is 11.5 Å². The summed E-state index contributed by atoms with van der Waals surface area (Å²) >= 11 is 0. The number of hydrogen-bond donors (Lipinski definition) is 4. The third-order valence-electron chi connectivity index (χ3n) is 2.87. The molecular weight excluding hydrogens is 308 g/mol. The van der Waals surface area contributed by atoms with Crippen LogP contribution in [0.15, 0.2) is 46.4 Å². The van der Waals surface area contributed by atoms with Gasteiger partial charge < -0.3 is 15.3 Å². The fourth-order valence-corrected chi connectivity index (χ4v) is 2.42. The molecule has 8 heteroatoms. The second-order valence-corrected chi connectivity index (χ2v) is 6.20.